The Labute approximate surface area is 127 Å². The summed E-state index contributed by atoms with van der Waals surface area (Å²) in [6.45, 7) is 1.94. The van der Waals surface area contributed by atoms with Gasteiger partial charge in [-0.15, -0.1) is 0 Å². The molecule has 0 unspecified atom stereocenters. The number of nitrogens with one attached hydrogen (secondary N) is 1. The lowest BCUT2D eigenvalue weighted by atomic mass is 10.0. The molecule has 2 aromatic carbocycles. The van der Waals surface area contributed by atoms with Gasteiger partial charge in [0, 0.05) is 18.2 Å². The summed E-state index contributed by atoms with van der Waals surface area (Å²) in [5.74, 6) is -0.587. The van der Waals surface area contributed by atoms with Crippen LogP contribution in [-0.4, -0.2) is 17.0 Å². The van der Waals surface area contributed by atoms with E-state index >= 15 is 0 Å². The highest BCUT2D eigenvalue weighted by Crippen LogP contribution is 2.17. The molecule has 0 fully saturated rings. The van der Waals surface area contributed by atoms with Crippen molar-refractivity contribution in [3.63, 3.8) is 0 Å². The molecular formula is C16H15N3O3. The maximum absolute atomic E-state index is 12.0. The lowest BCUT2D eigenvalue weighted by Gasteiger charge is -2.05. The van der Waals surface area contributed by atoms with Gasteiger partial charge in [-0.1, -0.05) is 49.4 Å². The predicted octanol–water partition coefficient (Wildman–Crippen LogP) is 3.11. The molecular weight excluding hydrogens is 282 g/mol. The first-order valence-corrected chi connectivity index (χ1v) is 6.71. The van der Waals surface area contributed by atoms with E-state index in [4.69, 9.17) is 0 Å². The summed E-state index contributed by atoms with van der Waals surface area (Å²) in [7, 11) is 0. The molecule has 1 amide bonds. The number of hydrogen-bond donors (Lipinski definition) is 1. The van der Waals surface area contributed by atoms with E-state index in [0.717, 1.165) is 5.56 Å². The molecule has 0 heterocycles. The molecule has 0 aliphatic rings. The third-order valence-electron chi connectivity index (χ3n) is 3.13. The van der Waals surface area contributed by atoms with E-state index in [9.17, 15) is 14.9 Å². The van der Waals surface area contributed by atoms with Crippen molar-refractivity contribution in [2.45, 2.75) is 12.8 Å². The van der Waals surface area contributed by atoms with Crippen molar-refractivity contribution in [3.05, 3.63) is 75.8 Å². The summed E-state index contributed by atoms with van der Waals surface area (Å²) in [5.41, 5.74) is 3.12. The second-order valence-electron chi connectivity index (χ2n) is 4.69. The lowest BCUT2D eigenvalue weighted by molar-refractivity contribution is -0.385. The number of carbonyl (C=O) groups excluding carboxylic acids is 1. The van der Waals surface area contributed by atoms with Crippen LogP contribution < -0.4 is 5.43 Å². The number of hydrazone groups is 1. The molecule has 0 aromatic heterocycles. The number of carbonyl (C=O) groups is 1. The second kappa shape index (κ2) is 7.12. The molecule has 22 heavy (non-hydrogen) atoms. The fourth-order valence-corrected chi connectivity index (χ4v) is 1.94. The van der Waals surface area contributed by atoms with Gasteiger partial charge in [0.1, 0.15) is 5.56 Å². The Morgan fingerprint density at radius 2 is 1.82 bits per heavy atom. The van der Waals surface area contributed by atoms with E-state index in [1.165, 1.54) is 18.2 Å². The highest BCUT2D eigenvalue weighted by atomic mass is 16.6. The van der Waals surface area contributed by atoms with Gasteiger partial charge in [0.25, 0.3) is 11.6 Å². The summed E-state index contributed by atoms with van der Waals surface area (Å²) in [6, 6.07) is 15.4. The van der Waals surface area contributed by atoms with Crippen molar-refractivity contribution in [2.75, 3.05) is 0 Å². The molecule has 6 heteroatoms. The number of nitrogens with zero attached hydrogens (tertiary/aromatic N) is 2. The maximum atomic E-state index is 12.0. The van der Waals surface area contributed by atoms with Crippen LogP contribution >= 0.6 is 0 Å². The number of benzene rings is 2. The number of rotatable bonds is 5. The van der Waals surface area contributed by atoms with E-state index < -0.39 is 10.8 Å². The Morgan fingerprint density at radius 1 is 1.18 bits per heavy atom. The Morgan fingerprint density at radius 3 is 2.50 bits per heavy atom. The van der Waals surface area contributed by atoms with Gasteiger partial charge in [0.2, 0.25) is 0 Å². The highest BCUT2D eigenvalue weighted by molar-refractivity contribution is 5.98. The van der Waals surface area contributed by atoms with Crippen molar-refractivity contribution in [1.29, 1.82) is 0 Å². The zero-order valence-corrected chi connectivity index (χ0v) is 12.0. The Hall–Kier alpha value is -3.02. The van der Waals surface area contributed by atoms with E-state index in [-0.39, 0.29) is 17.2 Å². The van der Waals surface area contributed by atoms with Gasteiger partial charge >= 0.3 is 0 Å². The van der Waals surface area contributed by atoms with Gasteiger partial charge in [-0.05, 0) is 11.6 Å². The van der Waals surface area contributed by atoms with Crippen LogP contribution in [0.5, 0.6) is 0 Å². The Bertz CT molecular complexity index is 699. The zero-order chi connectivity index (χ0) is 15.9. The topological polar surface area (TPSA) is 84.6 Å². The van der Waals surface area contributed by atoms with E-state index in [2.05, 4.69) is 10.5 Å². The van der Waals surface area contributed by atoms with E-state index in [1.807, 2.05) is 37.3 Å². The van der Waals surface area contributed by atoms with Crippen LogP contribution in [0, 0.1) is 10.1 Å². The smallest absolute Gasteiger partial charge is 0.267 e. The average molecular weight is 297 g/mol. The van der Waals surface area contributed by atoms with Crippen LogP contribution in [-0.2, 0) is 0 Å². The van der Waals surface area contributed by atoms with Crippen molar-refractivity contribution in [2.24, 2.45) is 5.10 Å². The summed E-state index contributed by atoms with van der Waals surface area (Å²) < 4.78 is 0. The largest absolute Gasteiger partial charge is 0.282 e. The minimum atomic E-state index is -0.608. The zero-order valence-electron chi connectivity index (χ0n) is 12.0. The average Bonchev–Trinajstić information content (AvgIpc) is 2.55. The van der Waals surface area contributed by atoms with Gasteiger partial charge in [0.05, 0.1) is 4.92 Å². The molecule has 0 aliphatic heterocycles. The SMILES string of the molecule is C[C@H](/C=N\NC(=O)c1ccccc1[N+](=O)[O-])c1ccccc1. The van der Waals surface area contributed by atoms with Crippen LogP contribution in [0.15, 0.2) is 59.7 Å². The maximum Gasteiger partial charge on any atom is 0.282 e. The Balaban J connectivity index is 2.04. The molecule has 0 radical (unpaired) electrons. The van der Waals surface area contributed by atoms with E-state index in [1.54, 1.807) is 12.3 Å². The third-order valence-corrected chi connectivity index (χ3v) is 3.13. The van der Waals surface area contributed by atoms with Gasteiger partial charge in [0.15, 0.2) is 0 Å². The molecule has 0 spiro atoms. The fourth-order valence-electron chi connectivity index (χ4n) is 1.94. The molecule has 2 aromatic rings. The van der Waals surface area contributed by atoms with Gasteiger partial charge in [-0.2, -0.15) is 5.10 Å². The molecule has 0 saturated carbocycles. The molecule has 0 aliphatic carbocycles. The third kappa shape index (κ3) is 3.76. The highest BCUT2D eigenvalue weighted by Gasteiger charge is 2.18. The standard InChI is InChI=1S/C16H15N3O3/c1-12(13-7-3-2-4-8-13)11-17-18-16(20)14-9-5-6-10-15(14)19(21)22/h2-12H,1H3,(H,18,20)/b17-11-/t12-/m1/s1. The van der Waals surface area contributed by atoms with Crippen LogP contribution in [0.2, 0.25) is 0 Å². The van der Waals surface area contributed by atoms with Crippen molar-refractivity contribution < 1.29 is 9.72 Å². The van der Waals surface area contributed by atoms with Crippen LogP contribution in [0.3, 0.4) is 0 Å². The van der Waals surface area contributed by atoms with Crippen LogP contribution in [0.4, 0.5) is 5.69 Å². The minimum Gasteiger partial charge on any atom is -0.267 e. The summed E-state index contributed by atoms with van der Waals surface area (Å²) in [4.78, 5) is 22.2. The second-order valence-corrected chi connectivity index (χ2v) is 4.69. The monoisotopic (exact) mass is 297 g/mol. The number of amides is 1. The molecule has 112 valence electrons. The van der Waals surface area contributed by atoms with E-state index in [0.29, 0.717) is 0 Å². The van der Waals surface area contributed by atoms with Crippen LogP contribution in [0.1, 0.15) is 28.8 Å². The van der Waals surface area contributed by atoms with Crippen molar-refractivity contribution >= 4 is 17.8 Å². The summed E-state index contributed by atoms with van der Waals surface area (Å²) in [5, 5.41) is 14.8. The van der Waals surface area contributed by atoms with Gasteiger partial charge < -0.3 is 0 Å². The summed E-state index contributed by atoms with van der Waals surface area (Å²) >= 11 is 0. The van der Waals surface area contributed by atoms with Gasteiger partial charge in [-0.25, -0.2) is 5.43 Å². The molecule has 0 bridgehead atoms. The number of nitro groups is 1. The molecule has 1 N–H and O–H groups in total. The lowest BCUT2D eigenvalue weighted by Crippen LogP contribution is -2.19. The molecule has 1 atom stereocenters. The molecule has 6 nitrogen and oxygen atoms in total. The predicted molar refractivity (Wildman–Crippen MR) is 83.9 cm³/mol. The quantitative estimate of drug-likeness (QED) is 0.522. The fraction of sp³-hybridized carbons (Fsp3) is 0.125. The molecule has 2 rings (SSSR count). The minimum absolute atomic E-state index is 0.0167. The van der Waals surface area contributed by atoms with Crippen molar-refractivity contribution in [3.8, 4) is 0 Å². The normalized spacial score (nSPS) is 12.0. The van der Waals surface area contributed by atoms with Crippen LogP contribution in [0.25, 0.3) is 0 Å². The van der Waals surface area contributed by atoms with Crippen molar-refractivity contribution in [1.82, 2.24) is 5.43 Å². The first-order valence-electron chi connectivity index (χ1n) is 6.71. The number of hydrogen-bond acceptors (Lipinski definition) is 4. The first kappa shape index (κ1) is 15.4. The van der Waals surface area contributed by atoms with Gasteiger partial charge in [-0.3, -0.25) is 14.9 Å². The summed E-state index contributed by atoms with van der Waals surface area (Å²) in [6.07, 6.45) is 1.59. The number of para-hydroxylation sites is 1. The molecule has 0 saturated heterocycles. The Kier molecular flexibility index (Phi) is 4.98. The first-order chi connectivity index (χ1) is 10.6. The number of nitro benzene ring substituents is 1.